The van der Waals surface area contributed by atoms with Crippen LogP contribution >= 0.6 is 0 Å². The maximum absolute atomic E-state index is 6.69. The normalized spacial score (nSPS) is 32.0. The molecule has 5 atom stereocenters. The van der Waals surface area contributed by atoms with Crippen molar-refractivity contribution in [2.45, 2.75) is 36.5 Å². The summed E-state index contributed by atoms with van der Waals surface area (Å²) >= 11 is 0. The summed E-state index contributed by atoms with van der Waals surface area (Å²) in [6.45, 7) is 4.45. The molecule has 0 amide bonds. The van der Waals surface area contributed by atoms with Crippen molar-refractivity contribution >= 4 is 0 Å². The Balaban J connectivity index is 1.28. The van der Waals surface area contributed by atoms with Crippen molar-refractivity contribution in [2.24, 2.45) is 5.92 Å². The van der Waals surface area contributed by atoms with E-state index in [0.29, 0.717) is 51.6 Å². The fraction of sp³-hybridized carbons (Fsp3) is 0.680. The molecule has 32 heavy (non-hydrogen) atoms. The predicted octanol–water partition coefficient (Wildman–Crippen LogP) is 2.20. The van der Waals surface area contributed by atoms with Crippen LogP contribution in [0.25, 0.3) is 0 Å². The Morgan fingerprint density at radius 1 is 1.03 bits per heavy atom. The molecule has 1 saturated heterocycles. The van der Waals surface area contributed by atoms with Crippen LogP contribution in [0.1, 0.15) is 17.5 Å². The quantitative estimate of drug-likeness (QED) is 0.382. The molecular weight excluding hydrogens is 410 g/mol. The van der Waals surface area contributed by atoms with Gasteiger partial charge in [-0.15, -0.1) is 0 Å². The molecule has 0 saturated carbocycles. The summed E-state index contributed by atoms with van der Waals surface area (Å²) in [5, 5.41) is 0. The summed E-state index contributed by atoms with van der Waals surface area (Å²) in [5.74, 6) is 2.21. The Morgan fingerprint density at radius 3 is 2.59 bits per heavy atom. The van der Waals surface area contributed by atoms with Gasteiger partial charge in [-0.05, 0) is 38.1 Å². The SMILES string of the molecule is COCCOCCOCCO[C@H]1C=CC2C3Cc4ccc(OC)c5c4[C@@]2(CCN3C)[C@H]1O5. The van der Waals surface area contributed by atoms with Gasteiger partial charge in [-0.1, -0.05) is 18.2 Å². The third-order valence-electron chi connectivity index (χ3n) is 7.68. The van der Waals surface area contributed by atoms with Gasteiger partial charge in [-0.2, -0.15) is 0 Å². The van der Waals surface area contributed by atoms with E-state index in [4.69, 9.17) is 28.4 Å². The van der Waals surface area contributed by atoms with Gasteiger partial charge in [0.2, 0.25) is 0 Å². The summed E-state index contributed by atoms with van der Waals surface area (Å²) in [6, 6.07) is 4.80. The van der Waals surface area contributed by atoms with Gasteiger partial charge in [-0.25, -0.2) is 0 Å². The second-order valence-electron chi connectivity index (χ2n) is 9.18. The van der Waals surface area contributed by atoms with Crippen molar-refractivity contribution in [1.82, 2.24) is 4.90 Å². The number of rotatable bonds is 11. The van der Waals surface area contributed by atoms with Crippen molar-refractivity contribution in [3.8, 4) is 11.5 Å². The third-order valence-corrected chi connectivity index (χ3v) is 7.68. The Morgan fingerprint density at radius 2 is 1.81 bits per heavy atom. The van der Waals surface area contributed by atoms with Crippen molar-refractivity contribution in [2.75, 3.05) is 67.5 Å². The van der Waals surface area contributed by atoms with Gasteiger partial charge >= 0.3 is 0 Å². The van der Waals surface area contributed by atoms with Crippen molar-refractivity contribution in [3.05, 3.63) is 35.4 Å². The minimum Gasteiger partial charge on any atom is -0.493 e. The first-order chi connectivity index (χ1) is 15.7. The number of methoxy groups -OCH3 is 2. The van der Waals surface area contributed by atoms with Crippen LogP contribution in [0.15, 0.2) is 24.3 Å². The number of piperidine rings is 1. The van der Waals surface area contributed by atoms with E-state index in [1.165, 1.54) is 11.1 Å². The van der Waals surface area contributed by atoms with Crippen LogP contribution in [0.5, 0.6) is 11.5 Å². The lowest BCUT2D eigenvalue weighted by molar-refractivity contribution is -0.0816. The van der Waals surface area contributed by atoms with Crippen LogP contribution in [0.2, 0.25) is 0 Å². The van der Waals surface area contributed by atoms with Crippen LogP contribution in [0.3, 0.4) is 0 Å². The van der Waals surface area contributed by atoms with E-state index in [1.807, 2.05) is 0 Å². The van der Waals surface area contributed by atoms with E-state index in [-0.39, 0.29) is 17.6 Å². The Kier molecular flexibility index (Phi) is 6.45. The number of ether oxygens (including phenoxy) is 6. The second kappa shape index (κ2) is 9.31. The van der Waals surface area contributed by atoms with Gasteiger partial charge in [-0.3, -0.25) is 0 Å². The molecule has 0 aromatic heterocycles. The molecule has 5 rings (SSSR count). The Bertz CT molecular complexity index is 844. The molecule has 2 aliphatic heterocycles. The molecule has 176 valence electrons. The zero-order valence-corrected chi connectivity index (χ0v) is 19.4. The highest BCUT2D eigenvalue weighted by Crippen LogP contribution is 2.62. The van der Waals surface area contributed by atoms with Crippen LogP contribution in [0.4, 0.5) is 0 Å². The van der Waals surface area contributed by atoms with Crippen molar-refractivity contribution in [3.63, 3.8) is 0 Å². The smallest absolute Gasteiger partial charge is 0.165 e. The number of likely N-dealkylation sites (N-methyl/N-ethyl adjacent to an activating group) is 1. The molecule has 1 aromatic carbocycles. The molecule has 2 aliphatic carbocycles. The van der Waals surface area contributed by atoms with Crippen LogP contribution in [-0.4, -0.2) is 90.6 Å². The number of hydrogen-bond acceptors (Lipinski definition) is 7. The molecule has 7 nitrogen and oxygen atoms in total. The minimum atomic E-state index is -0.0973. The van der Waals surface area contributed by atoms with Gasteiger partial charge in [0.05, 0.1) is 46.8 Å². The molecule has 1 spiro atoms. The molecule has 1 fully saturated rings. The summed E-state index contributed by atoms with van der Waals surface area (Å²) in [4.78, 5) is 2.52. The fourth-order valence-corrected chi connectivity index (χ4v) is 6.22. The standard InChI is InChI=1S/C25H35NO6/c1-26-9-8-25-18-5-7-21(31-15-14-30-13-12-29-11-10-27-2)24(25)32-23-20(28-3)6-4-17(22(23)25)16-19(18)26/h4-7,18-19,21,24H,8-16H2,1-3H3/t18?,19?,21-,24-,25-/m0/s1. The first-order valence-corrected chi connectivity index (χ1v) is 11.7. The first-order valence-electron chi connectivity index (χ1n) is 11.7. The Hall–Kier alpha value is -1.64. The van der Waals surface area contributed by atoms with Gasteiger partial charge in [0.25, 0.3) is 0 Å². The summed E-state index contributed by atoms with van der Waals surface area (Å²) in [7, 11) is 5.65. The molecule has 2 heterocycles. The minimum absolute atomic E-state index is 0.0311. The van der Waals surface area contributed by atoms with Crippen molar-refractivity contribution < 1.29 is 28.4 Å². The monoisotopic (exact) mass is 445 g/mol. The molecule has 1 aromatic rings. The van der Waals surface area contributed by atoms with Crippen molar-refractivity contribution in [1.29, 1.82) is 0 Å². The lowest BCUT2D eigenvalue weighted by atomic mass is 9.53. The number of likely N-dealkylation sites (tertiary alicyclic amines) is 1. The number of benzene rings is 1. The topological polar surface area (TPSA) is 58.6 Å². The maximum atomic E-state index is 6.69. The predicted molar refractivity (Wildman–Crippen MR) is 120 cm³/mol. The second-order valence-corrected chi connectivity index (χ2v) is 9.18. The van der Waals surface area contributed by atoms with Gasteiger partial charge in [0.1, 0.15) is 12.2 Å². The lowest BCUT2D eigenvalue weighted by Gasteiger charge is -2.56. The highest BCUT2D eigenvalue weighted by atomic mass is 16.6. The van der Waals surface area contributed by atoms with Gasteiger partial charge < -0.3 is 33.3 Å². The summed E-state index contributed by atoms with van der Waals surface area (Å²) in [5.41, 5.74) is 2.74. The van der Waals surface area contributed by atoms with Crippen LogP contribution in [-0.2, 0) is 30.8 Å². The van der Waals surface area contributed by atoms with Gasteiger partial charge in [0.15, 0.2) is 11.5 Å². The molecular formula is C25H35NO6. The molecule has 0 N–H and O–H groups in total. The zero-order valence-electron chi connectivity index (χ0n) is 19.4. The summed E-state index contributed by atoms with van der Waals surface area (Å²) < 4.78 is 34.8. The first kappa shape index (κ1) is 22.2. The molecule has 2 unspecified atom stereocenters. The van der Waals surface area contributed by atoms with Crippen LogP contribution < -0.4 is 9.47 Å². The zero-order chi connectivity index (χ0) is 22.1. The molecule has 4 aliphatic rings. The third kappa shape index (κ3) is 3.55. The van der Waals surface area contributed by atoms with E-state index in [1.54, 1.807) is 14.2 Å². The van der Waals surface area contributed by atoms with E-state index in [2.05, 4.69) is 36.2 Å². The van der Waals surface area contributed by atoms with E-state index < -0.39 is 0 Å². The largest absolute Gasteiger partial charge is 0.493 e. The van der Waals surface area contributed by atoms with Gasteiger partial charge in [0, 0.05) is 30.0 Å². The highest BCUT2D eigenvalue weighted by Gasteiger charge is 2.64. The lowest BCUT2D eigenvalue weighted by Crippen LogP contribution is -2.65. The maximum Gasteiger partial charge on any atom is 0.165 e. The van der Waals surface area contributed by atoms with E-state index in [0.717, 1.165) is 30.9 Å². The number of hydrogen-bond donors (Lipinski definition) is 0. The summed E-state index contributed by atoms with van der Waals surface area (Å²) in [6.07, 6.45) is 6.61. The average Bonchev–Trinajstić information content (AvgIpc) is 3.16. The van der Waals surface area contributed by atoms with E-state index >= 15 is 0 Å². The number of nitrogens with zero attached hydrogens (tertiary/aromatic N) is 1. The Labute approximate surface area is 190 Å². The average molecular weight is 446 g/mol. The molecule has 7 heteroatoms. The van der Waals surface area contributed by atoms with E-state index in [9.17, 15) is 0 Å². The highest BCUT2D eigenvalue weighted by molar-refractivity contribution is 5.62. The molecule has 2 bridgehead atoms. The molecule has 0 radical (unpaired) electrons. The fourth-order valence-electron chi connectivity index (χ4n) is 6.22. The van der Waals surface area contributed by atoms with Crippen LogP contribution in [0, 0.1) is 5.92 Å².